The number of nitrogens with one attached hydrogen (secondary N) is 2. The summed E-state index contributed by atoms with van der Waals surface area (Å²) < 4.78 is 5.50. The first-order valence-electron chi connectivity index (χ1n) is 10.9. The van der Waals surface area contributed by atoms with Crippen molar-refractivity contribution in [2.24, 2.45) is 0 Å². The van der Waals surface area contributed by atoms with Crippen molar-refractivity contribution in [3.63, 3.8) is 0 Å². The van der Waals surface area contributed by atoms with Crippen molar-refractivity contribution in [1.29, 1.82) is 0 Å². The molecule has 4 rings (SSSR count). The Bertz CT molecular complexity index is 1280. The van der Waals surface area contributed by atoms with E-state index < -0.39 is 24.0 Å². The second-order valence-corrected chi connectivity index (χ2v) is 8.91. The number of carbonyl (C=O) groups excluding carboxylic acids is 2. The van der Waals surface area contributed by atoms with E-state index in [0.717, 1.165) is 33.6 Å². The Morgan fingerprint density at radius 2 is 1.77 bits per heavy atom. The molecule has 35 heavy (non-hydrogen) atoms. The van der Waals surface area contributed by atoms with Gasteiger partial charge in [0.2, 0.25) is 0 Å². The van der Waals surface area contributed by atoms with Crippen molar-refractivity contribution >= 4 is 29.3 Å². The van der Waals surface area contributed by atoms with Gasteiger partial charge < -0.3 is 20.5 Å². The Morgan fingerprint density at radius 3 is 2.40 bits per heavy atom. The minimum atomic E-state index is -1.16. The van der Waals surface area contributed by atoms with E-state index >= 15 is 0 Å². The minimum Gasteiger partial charge on any atom is -0.480 e. The number of hydrogen-bond acceptors (Lipinski definition) is 6. The molecule has 1 atom stereocenters. The molecule has 0 fully saturated rings. The van der Waals surface area contributed by atoms with Gasteiger partial charge in [-0.15, -0.1) is 23.2 Å². The number of nitrogens with zero attached hydrogens (tertiary/aromatic N) is 1. The highest BCUT2D eigenvalue weighted by atomic mass is 32.1. The van der Waals surface area contributed by atoms with Crippen LogP contribution in [0, 0.1) is 11.8 Å². The number of amides is 2. The first-order valence-corrected chi connectivity index (χ1v) is 11.8. The van der Waals surface area contributed by atoms with E-state index in [-0.39, 0.29) is 30.4 Å². The maximum Gasteiger partial charge on any atom is 0.407 e. The van der Waals surface area contributed by atoms with Crippen LogP contribution in [0.2, 0.25) is 0 Å². The van der Waals surface area contributed by atoms with Gasteiger partial charge in [0.05, 0.1) is 12.7 Å². The van der Waals surface area contributed by atoms with E-state index in [4.69, 9.17) is 4.74 Å². The summed E-state index contributed by atoms with van der Waals surface area (Å²) in [6.45, 7) is 1.88. The van der Waals surface area contributed by atoms with E-state index in [1.807, 2.05) is 36.4 Å². The normalized spacial score (nSPS) is 12.5. The zero-order valence-electron chi connectivity index (χ0n) is 18.9. The summed E-state index contributed by atoms with van der Waals surface area (Å²) in [4.78, 5) is 40.4. The molecular weight excluding hydrogens is 466 g/mol. The molecule has 1 unspecified atom stereocenters. The largest absolute Gasteiger partial charge is 0.480 e. The molecule has 2 amide bonds. The lowest BCUT2D eigenvalue weighted by molar-refractivity contribution is -0.139. The van der Waals surface area contributed by atoms with E-state index in [0.29, 0.717) is 5.01 Å². The molecule has 9 heteroatoms. The maximum absolute atomic E-state index is 12.4. The summed E-state index contributed by atoms with van der Waals surface area (Å²) in [5.74, 6) is 3.50. The standard InChI is InChI=1S/C26H23N3O5S/c1-2-3-12-21(25(31)32)29-24(30)22-13-27-23(35-22)14-28-26(33)34-15-20-18-10-6-4-8-16(18)17-9-5-7-11-19(17)20/h4-11,13,20-21H,12,14-15H2,1H3,(H,28,33)(H,29,30)(H,31,32). The first-order chi connectivity index (χ1) is 17.0. The molecule has 0 saturated carbocycles. The van der Waals surface area contributed by atoms with Gasteiger partial charge in [-0.05, 0) is 29.2 Å². The molecule has 3 N–H and O–H groups in total. The molecular formula is C26H23N3O5S. The van der Waals surface area contributed by atoms with Crippen LogP contribution in [0.4, 0.5) is 4.79 Å². The number of aliphatic carboxylic acids is 1. The highest BCUT2D eigenvalue weighted by molar-refractivity contribution is 7.13. The van der Waals surface area contributed by atoms with Crippen molar-refractivity contribution in [2.75, 3.05) is 6.61 Å². The summed E-state index contributed by atoms with van der Waals surface area (Å²) >= 11 is 1.06. The molecule has 8 nitrogen and oxygen atoms in total. The van der Waals surface area contributed by atoms with Crippen molar-refractivity contribution in [1.82, 2.24) is 15.6 Å². The highest BCUT2D eigenvalue weighted by Crippen LogP contribution is 2.44. The van der Waals surface area contributed by atoms with Gasteiger partial charge >= 0.3 is 12.1 Å². The van der Waals surface area contributed by atoms with E-state index in [2.05, 4.69) is 39.6 Å². The highest BCUT2D eigenvalue weighted by Gasteiger charge is 2.29. The number of hydrogen-bond donors (Lipinski definition) is 3. The van der Waals surface area contributed by atoms with Gasteiger partial charge in [0.15, 0.2) is 0 Å². The summed E-state index contributed by atoms with van der Waals surface area (Å²) in [7, 11) is 0. The number of carbonyl (C=O) groups is 3. The van der Waals surface area contributed by atoms with Crippen LogP contribution in [-0.4, -0.2) is 40.7 Å². The maximum atomic E-state index is 12.4. The predicted octanol–water partition coefficient (Wildman–Crippen LogP) is 3.78. The number of alkyl carbamates (subject to hydrolysis) is 1. The van der Waals surface area contributed by atoms with Crippen molar-refractivity contribution in [2.45, 2.75) is 31.8 Å². The summed E-state index contributed by atoms with van der Waals surface area (Å²) in [5.41, 5.74) is 4.55. The van der Waals surface area contributed by atoms with E-state index in [1.165, 1.54) is 6.20 Å². The number of carboxylic acid groups (broad SMARTS) is 1. The molecule has 3 aromatic rings. The molecule has 0 radical (unpaired) electrons. The van der Waals surface area contributed by atoms with Gasteiger partial charge in [0, 0.05) is 12.3 Å². The van der Waals surface area contributed by atoms with Crippen LogP contribution >= 0.6 is 11.3 Å². The smallest absolute Gasteiger partial charge is 0.407 e. The van der Waals surface area contributed by atoms with Crippen LogP contribution in [0.25, 0.3) is 11.1 Å². The van der Waals surface area contributed by atoms with Crippen molar-refractivity contribution in [3.8, 4) is 23.0 Å². The number of aromatic nitrogens is 1. The zero-order valence-corrected chi connectivity index (χ0v) is 19.7. The second kappa shape index (κ2) is 10.8. The Balaban J connectivity index is 1.30. The molecule has 1 aliphatic carbocycles. The van der Waals surface area contributed by atoms with Gasteiger partial charge in [0.25, 0.3) is 5.91 Å². The number of ether oxygens (including phenoxy) is 1. The van der Waals surface area contributed by atoms with Crippen LogP contribution in [0.3, 0.4) is 0 Å². The number of carboxylic acids is 1. The summed E-state index contributed by atoms with van der Waals surface area (Å²) in [5, 5.41) is 14.8. The van der Waals surface area contributed by atoms with Gasteiger partial charge in [-0.25, -0.2) is 14.6 Å². The Morgan fingerprint density at radius 1 is 1.11 bits per heavy atom. The lowest BCUT2D eigenvalue weighted by atomic mass is 9.98. The average molecular weight is 490 g/mol. The molecule has 0 saturated heterocycles. The Kier molecular flexibility index (Phi) is 7.43. The lowest BCUT2D eigenvalue weighted by Crippen LogP contribution is -2.40. The number of thiazole rings is 1. The lowest BCUT2D eigenvalue weighted by Gasteiger charge is -2.14. The molecule has 1 aliphatic rings. The summed E-state index contributed by atoms with van der Waals surface area (Å²) in [6, 6.07) is 15.1. The fraction of sp³-hybridized carbons (Fsp3) is 0.231. The molecule has 0 spiro atoms. The van der Waals surface area contributed by atoms with Gasteiger partial charge in [0.1, 0.15) is 22.5 Å². The first kappa shape index (κ1) is 24.0. The molecule has 1 heterocycles. The average Bonchev–Trinajstić information content (AvgIpc) is 3.47. The SMILES string of the molecule is CC#CCC(NC(=O)c1cnc(CNC(=O)OCC2c3ccccc3-c3ccccc32)s1)C(=O)O. The fourth-order valence-electron chi connectivity index (χ4n) is 3.93. The van der Waals surface area contributed by atoms with Crippen LogP contribution in [-0.2, 0) is 16.1 Å². The van der Waals surface area contributed by atoms with Crippen LogP contribution in [0.1, 0.15) is 45.1 Å². The van der Waals surface area contributed by atoms with Crippen LogP contribution in [0.15, 0.2) is 54.7 Å². The quantitative estimate of drug-likeness (QED) is 0.415. The zero-order chi connectivity index (χ0) is 24.8. The minimum absolute atomic E-state index is 0.00652. The topological polar surface area (TPSA) is 118 Å². The predicted molar refractivity (Wildman–Crippen MR) is 131 cm³/mol. The number of fused-ring (bicyclic) bond motifs is 3. The van der Waals surface area contributed by atoms with Gasteiger partial charge in [-0.2, -0.15) is 0 Å². The van der Waals surface area contributed by atoms with Crippen LogP contribution in [0.5, 0.6) is 0 Å². The fourth-order valence-corrected chi connectivity index (χ4v) is 4.69. The van der Waals surface area contributed by atoms with Gasteiger partial charge in [-0.3, -0.25) is 4.79 Å². The second-order valence-electron chi connectivity index (χ2n) is 7.79. The number of rotatable bonds is 8. The van der Waals surface area contributed by atoms with Gasteiger partial charge in [-0.1, -0.05) is 48.5 Å². The van der Waals surface area contributed by atoms with E-state index in [1.54, 1.807) is 6.92 Å². The Labute approximate surface area is 206 Å². The van der Waals surface area contributed by atoms with Crippen LogP contribution < -0.4 is 10.6 Å². The van der Waals surface area contributed by atoms with Crippen molar-refractivity contribution < 1.29 is 24.2 Å². The van der Waals surface area contributed by atoms with Crippen molar-refractivity contribution in [3.05, 3.63) is 75.7 Å². The third-order valence-electron chi connectivity index (χ3n) is 5.59. The Hall–Kier alpha value is -4.16. The summed E-state index contributed by atoms with van der Waals surface area (Å²) in [6.07, 6.45) is 0.767. The molecule has 178 valence electrons. The monoisotopic (exact) mass is 489 g/mol. The number of benzene rings is 2. The third-order valence-corrected chi connectivity index (χ3v) is 6.59. The molecule has 1 aromatic heterocycles. The van der Waals surface area contributed by atoms with E-state index in [9.17, 15) is 19.5 Å². The molecule has 2 aromatic carbocycles. The molecule has 0 aliphatic heterocycles. The third kappa shape index (κ3) is 5.50. The molecule has 0 bridgehead atoms.